The lowest BCUT2D eigenvalue weighted by Gasteiger charge is -2.36. The summed E-state index contributed by atoms with van der Waals surface area (Å²) in [7, 11) is 5.62. The Kier molecular flexibility index (Phi) is 4.33. The zero-order chi connectivity index (χ0) is 13.8. The van der Waals surface area contributed by atoms with Crippen molar-refractivity contribution in [1.82, 2.24) is 9.88 Å². The van der Waals surface area contributed by atoms with Crippen molar-refractivity contribution in [3.8, 4) is 0 Å². The number of ether oxygens (including phenoxy) is 1. The molecule has 3 nitrogen and oxygen atoms in total. The van der Waals surface area contributed by atoms with Crippen molar-refractivity contribution < 1.29 is 4.74 Å². The van der Waals surface area contributed by atoms with Gasteiger partial charge in [0, 0.05) is 31.7 Å². The van der Waals surface area contributed by atoms with Gasteiger partial charge in [0.1, 0.15) is 7.85 Å². The van der Waals surface area contributed by atoms with Crippen LogP contribution in [0.25, 0.3) is 0 Å². The average Bonchev–Trinajstić information content (AvgIpc) is 2.51. The second-order valence-corrected chi connectivity index (χ2v) is 5.45. The van der Waals surface area contributed by atoms with Crippen LogP contribution in [0.5, 0.6) is 0 Å². The van der Waals surface area contributed by atoms with Crippen LogP contribution in [0.2, 0.25) is 0 Å². The Hall–Kier alpha value is -1.39. The van der Waals surface area contributed by atoms with Crippen LogP contribution < -0.4 is 5.59 Å². The molecule has 1 aromatic rings. The van der Waals surface area contributed by atoms with Gasteiger partial charge in [0.15, 0.2) is 0 Å². The fourth-order valence-corrected chi connectivity index (χ4v) is 2.80. The maximum atomic E-state index is 5.94. The highest BCUT2D eigenvalue weighted by molar-refractivity contribution is 6.30. The largest absolute Gasteiger partial charge is 0.375 e. The minimum absolute atomic E-state index is 0.298. The van der Waals surface area contributed by atoms with Crippen LogP contribution in [0, 0.1) is 5.92 Å². The van der Waals surface area contributed by atoms with Gasteiger partial charge in [-0.05, 0) is 17.6 Å². The Balaban J connectivity index is 1.59. The maximum absolute atomic E-state index is 5.94. The normalized spacial score (nSPS) is 26.8. The topological polar surface area (TPSA) is 25.4 Å². The number of aromatic nitrogens is 1. The van der Waals surface area contributed by atoms with Crippen molar-refractivity contribution in [3.63, 3.8) is 0 Å². The number of rotatable bonds is 3. The number of hydrogen-bond donors (Lipinski definition) is 0. The van der Waals surface area contributed by atoms with Crippen LogP contribution in [0.1, 0.15) is 12.0 Å². The summed E-state index contributed by atoms with van der Waals surface area (Å²) in [6, 6.07) is 3.91. The molecule has 0 amide bonds. The summed E-state index contributed by atoms with van der Waals surface area (Å²) >= 11 is 0. The third-order valence-electron chi connectivity index (χ3n) is 3.92. The van der Waals surface area contributed by atoms with E-state index in [4.69, 9.17) is 12.6 Å². The molecule has 0 N–H and O–H groups in total. The summed E-state index contributed by atoms with van der Waals surface area (Å²) < 4.78 is 5.94. The lowest BCUT2D eigenvalue weighted by Crippen LogP contribution is -2.45. The Morgan fingerprint density at radius 2 is 2.30 bits per heavy atom. The van der Waals surface area contributed by atoms with Gasteiger partial charge in [-0.1, -0.05) is 36.4 Å². The highest BCUT2D eigenvalue weighted by Gasteiger charge is 2.26. The van der Waals surface area contributed by atoms with Gasteiger partial charge in [-0.3, -0.25) is 9.88 Å². The van der Waals surface area contributed by atoms with Crippen molar-refractivity contribution in [2.24, 2.45) is 5.92 Å². The van der Waals surface area contributed by atoms with E-state index in [0.29, 0.717) is 17.6 Å². The lowest BCUT2D eigenvalue weighted by atomic mass is 9.93. The van der Waals surface area contributed by atoms with Crippen LogP contribution in [0.4, 0.5) is 0 Å². The molecule has 2 aliphatic rings. The minimum Gasteiger partial charge on any atom is -0.375 e. The highest BCUT2D eigenvalue weighted by Crippen LogP contribution is 2.22. The molecule has 1 unspecified atom stereocenters. The van der Waals surface area contributed by atoms with Crippen LogP contribution >= 0.6 is 0 Å². The Bertz CT molecular complexity index is 498. The Morgan fingerprint density at radius 3 is 3.05 bits per heavy atom. The molecule has 102 valence electrons. The van der Waals surface area contributed by atoms with Crippen LogP contribution in [-0.4, -0.2) is 43.5 Å². The predicted octanol–water partition coefficient (Wildman–Crippen LogP) is 1.21. The van der Waals surface area contributed by atoms with E-state index in [1.165, 1.54) is 5.56 Å². The second-order valence-electron chi connectivity index (χ2n) is 5.45. The fourth-order valence-electron chi connectivity index (χ4n) is 2.80. The SMILES string of the molecule is [B]c1ccc(CN2CCO[C@@H](C3C=CC=CC3)C2)cn1. The smallest absolute Gasteiger partial charge is 0.141 e. The molecule has 1 aromatic heterocycles. The molecule has 0 bridgehead atoms. The molecule has 0 spiro atoms. The summed E-state index contributed by atoms with van der Waals surface area (Å²) in [6.07, 6.45) is 12.0. The van der Waals surface area contributed by atoms with Gasteiger partial charge in [0.05, 0.1) is 12.7 Å². The zero-order valence-corrected chi connectivity index (χ0v) is 11.6. The number of nitrogens with zero attached hydrogens (tertiary/aromatic N) is 2. The summed E-state index contributed by atoms with van der Waals surface area (Å²) in [5.74, 6) is 0.507. The van der Waals surface area contributed by atoms with Crippen LogP contribution in [0.15, 0.2) is 42.6 Å². The molecular weight excluding hydrogens is 247 g/mol. The van der Waals surface area contributed by atoms with Crippen molar-refractivity contribution in [1.29, 1.82) is 0 Å². The van der Waals surface area contributed by atoms with Gasteiger partial charge in [0.2, 0.25) is 0 Å². The van der Waals surface area contributed by atoms with Crippen LogP contribution in [0.3, 0.4) is 0 Å². The number of morpholine rings is 1. The summed E-state index contributed by atoms with van der Waals surface area (Å²) in [5.41, 5.74) is 1.78. The fraction of sp³-hybridized carbons (Fsp3) is 0.438. The van der Waals surface area contributed by atoms with E-state index in [0.717, 1.165) is 32.7 Å². The first-order valence-corrected chi connectivity index (χ1v) is 7.19. The number of pyridine rings is 1. The maximum Gasteiger partial charge on any atom is 0.141 e. The molecule has 0 aromatic carbocycles. The van der Waals surface area contributed by atoms with Gasteiger partial charge in [-0.15, -0.1) is 0 Å². The lowest BCUT2D eigenvalue weighted by molar-refractivity contribution is -0.0504. The molecule has 4 heteroatoms. The molecule has 1 fully saturated rings. The van der Waals surface area contributed by atoms with Gasteiger partial charge in [-0.25, -0.2) is 0 Å². The molecular formula is C16H19BN2O. The molecule has 2 radical (unpaired) electrons. The standard InChI is InChI=1S/C16H19BN2O/c17-16-7-6-13(10-18-16)11-19-8-9-20-15(12-19)14-4-2-1-3-5-14/h1-4,6-7,10,14-15H,5,8-9,11-12H2/t14?,15-/m1/s1. The van der Waals surface area contributed by atoms with E-state index in [1.54, 1.807) is 0 Å². The first-order chi connectivity index (χ1) is 9.81. The van der Waals surface area contributed by atoms with Crippen molar-refractivity contribution in [2.45, 2.75) is 19.1 Å². The van der Waals surface area contributed by atoms with Crippen LogP contribution in [-0.2, 0) is 11.3 Å². The highest BCUT2D eigenvalue weighted by atomic mass is 16.5. The average molecular weight is 266 g/mol. The molecule has 0 saturated carbocycles. The molecule has 2 heterocycles. The monoisotopic (exact) mass is 266 g/mol. The van der Waals surface area contributed by atoms with Gasteiger partial charge >= 0.3 is 0 Å². The van der Waals surface area contributed by atoms with Gasteiger partial charge < -0.3 is 4.74 Å². The molecule has 20 heavy (non-hydrogen) atoms. The first-order valence-electron chi connectivity index (χ1n) is 7.19. The van der Waals surface area contributed by atoms with E-state index in [1.807, 2.05) is 12.3 Å². The molecule has 1 aliphatic heterocycles. The quantitative estimate of drug-likeness (QED) is 0.769. The third-order valence-corrected chi connectivity index (χ3v) is 3.92. The zero-order valence-electron chi connectivity index (χ0n) is 11.6. The minimum atomic E-state index is 0.298. The van der Waals surface area contributed by atoms with Gasteiger partial charge in [0.25, 0.3) is 0 Å². The molecule has 2 atom stereocenters. The van der Waals surface area contributed by atoms with Crippen molar-refractivity contribution >= 4 is 13.4 Å². The Morgan fingerprint density at radius 1 is 1.35 bits per heavy atom. The predicted molar refractivity (Wildman–Crippen MR) is 81.0 cm³/mol. The second kappa shape index (κ2) is 6.38. The summed E-state index contributed by atoms with van der Waals surface area (Å²) in [5, 5.41) is 0. The van der Waals surface area contributed by atoms with Gasteiger partial charge in [-0.2, -0.15) is 0 Å². The third kappa shape index (κ3) is 3.38. The van der Waals surface area contributed by atoms with E-state index in [9.17, 15) is 0 Å². The summed E-state index contributed by atoms with van der Waals surface area (Å²) in [6.45, 7) is 3.68. The Labute approximate surface area is 121 Å². The number of hydrogen-bond acceptors (Lipinski definition) is 3. The van der Waals surface area contributed by atoms with E-state index in [2.05, 4.69) is 40.3 Å². The molecule has 3 rings (SSSR count). The van der Waals surface area contributed by atoms with Crippen molar-refractivity contribution in [2.75, 3.05) is 19.7 Å². The molecule has 1 saturated heterocycles. The molecule has 1 aliphatic carbocycles. The number of allylic oxidation sites excluding steroid dienone is 3. The van der Waals surface area contributed by atoms with Crippen molar-refractivity contribution in [3.05, 3.63) is 48.2 Å². The summed E-state index contributed by atoms with van der Waals surface area (Å²) in [4.78, 5) is 6.59. The first kappa shape index (κ1) is 13.6. The van der Waals surface area contributed by atoms with E-state index < -0.39 is 0 Å². The van der Waals surface area contributed by atoms with E-state index >= 15 is 0 Å². The van der Waals surface area contributed by atoms with E-state index in [-0.39, 0.29) is 0 Å².